The molecule has 0 heterocycles. The summed E-state index contributed by atoms with van der Waals surface area (Å²) in [6.07, 6.45) is -4.73. The topological polar surface area (TPSA) is 9.23 Å². The Hall–Kier alpha value is -1.02. The summed E-state index contributed by atoms with van der Waals surface area (Å²) < 4.78 is 53.8. The van der Waals surface area contributed by atoms with Crippen molar-refractivity contribution in [2.45, 2.75) is 6.36 Å². The lowest BCUT2D eigenvalue weighted by Gasteiger charge is -2.11. The summed E-state index contributed by atoms with van der Waals surface area (Å²) in [5.41, 5.74) is 1.25. The fourth-order valence-electron chi connectivity index (χ4n) is 1.59. The third-order valence-corrected chi connectivity index (χ3v) is 3.59. The molecule has 0 aliphatic heterocycles. The Labute approximate surface area is 130 Å². The SMILES string of the molecule is Fc1ccc(-c2ccc(OC(F)(F)F)cc2I)cc1Cl. The summed E-state index contributed by atoms with van der Waals surface area (Å²) in [7, 11) is 0. The number of alkyl halides is 3. The predicted octanol–water partition coefficient (Wildman–Crippen LogP) is 5.65. The van der Waals surface area contributed by atoms with Crippen molar-refractivity contribution < 1.29 is 22.3 Å². The van der Waals surface area contributed by atoms with E-state index in [2.05, 4.69) is 4.74 Å². The highest BCUT2D eigenvalue weighted by Gasteiger charge is 2.31. The van der Waals surface area contributed by atoms with Crippen molar-refractivity contribution in [2.24, 2.45) is 0 Å². The monoisotopic (exact) mass is 416 g/mol. The molecule has 0 aliphatic rings. The quantitative estimate of drug-likeness (QED) is 0.454. The fourth-order valence-corrected chi connectivity index (χ4v) is 2.57. The number of benzene rings is 2. The summed E-state index contributed by atoms with van der Waals surface area (Å²) in [5, 5.41) is -0.0473. The second-order valence-electron chi connectivity index (χ2n) is 3.82. The first-order chi connectivity index (χ1) is 9.26. The number of hydrogen-bond donors (Lipinski definition) is 0. The lowest BCUT2D eigenvalue weighted by molar-refractivity contribution is -0.274. The van der Waals surface area contributed by atoms with Crippen LogP contribution in [-0.4, -0.2) is 6.36 Å². The van der Waals surface area contributed by atoms with Gasteiger partial charge in [-0.2, -0.15) is 0 Å². The minimum Gasteiger partial charge on any atom is -0.406 e. The third-order valence-electron chi connectivity index (χ3n) is 2.40. The molecule has 0 aromatic heterocycles. The van der Waals surface area contributed by atoms with E-state index in [1.807, 2.05) is 22.6 Å². The first kappa shape index (κ1) is 15.4. The zero-order valence-electron chi connectivity index (χ0n) is 9.64. The van der Waals surface area contributed by atoms with E-state index in [-0.39, 0.29) is 10.8 Å². The second-order valence-corrected chi connectivity index (χ2v) is 5.39. The summed E-state index contributed by atoms with van der Waals surface area (Å²) >= 11 is 7.56. The molecule has 2 rings (SSSR count). The number of halogens is 6. The highest BCUT2D eigenvalue weighted by molar-refractivity contribution is 14.1. The van der Waals surface area contributed by atoms with Gasteiger partial charge in [-0.1, -0.05) is 17.7 Å². The minimum absolute atomic E-state index is 0.0473. The van der Waals surface area contributed by atoms with Gasteiger partial charge in [-0.25, -0.2) is 4.39 Å². The largest absolute Gasteiger partial charge is 0.573 e. The Bertz CT molecular complexity index is 643. The van der Waals surface area contributed by atoms with Crippen molar-refractivity contribution >= 4 is 34.2 Å². The van der Waals surface area contributed by atoms with Crippen LogP contribution in [0.3, 0.4) is 0 Å². The van der Waals surface area contributed by atoms with Crippen LogP contribution >= 0.6 is 34.2 Å². The van der Waals surface area contributed by atoms with Gasteiger partial charge in [0.15, 0.2) is 0 Å². The van der Waals surface area contributed by atoms with Gasteiger partial charge in [0.1, 0.15) is 11.6 Å². The fraction of sp³-hybridized carbons (Fsp3) is 0.0769. The van der Waals surface area contributed by atoms with Crippen LogP contribution in [-0.2, 0) is 0 Å². The van der Waals surface area contributed by atoms with Crippen LogP contribution in [0.15, 0.2) is 36.4 Å². The van der Waals surface area contributed by atoms with Crippen LogP contribution < -0.4 is 4.74 Å². The molecule has 106 valence electrons. The highest BCUT2D eigenvalue weighted by Crippen LogP contribution is 2.32. The summed E-state index contributed by atoms with van der Waals surface area (Å²) in [6, 6.07) is 8.03. The molecule has 0 N–H and O–H groups in total. The molecule has 20 heavy (non-hydrogen) atoms. The molecule has 0 amide bonds. The van der Waals surface area contributed by atoms with Gasteiger partial charge in [0, 0.05) is 3.57 Å². The maximum Gasteiger partial charge on any atom is 0.573 e. The van der Waals surface area contributed by atoms with Crippen LogP contribution in [0.1, 0.15) is 0 Å². The molecule has 0 spiro atoms. The third kappa shape index (κ3) is 3.76. The Morgan fingerprint density at radius 3 is 2.30 bits per heavy atom. The van der Waals surface area contributed by atoms with E-state index < -0.39 is 12.2 Å². The Kier molecular flexibility index (Phi) is 4.43. The summed E-state index contributed by atoms with van der Waals surface area (Å²) in [5.74, 6) is -0.860. The van der Waals surface area contributed by atoms with E-state index in [0.29, 0.717) is 14.7 Å². The van der Waals surface area contributed by atoms with Crippen LogP contribution in [0.4, 0.5) is 17.6 Å². The van der Waals surface area contributed by atoms with Gasteiger partial charge in [0.05, 0.1) is 5.02 Å². The van der Waals surface area contributed by atoms with Gasteiger partial charge in [0.2, 0.25) is 0 Å². The van der Waals surface area contributed by atoms with Crippen molar-refractivity contribution in [3.8, 4) is 16.9 Å². The van der Waals surface area contributed by atoms with Gasteiger partial charge in [0.25, 0.3) is 0 Å². The smallest absolute Gasteiger partial charge is 0.406 e. The zero-order valence-corrected chi connectivity index (χ0v) is 12.6. The highest BCUT2D eigenvalue weighted by atomic mass is 127. The van der Waals surface area contributed by atoms with Crippen molar-refractivity contribution in [3.05, 3.63) is 50.8 Å². The van der Waals surface area contributed by atoms with Gasteiger partial charge in [-0.05, 0) is 64.0 Å². The molecule has 7 heteroatoms. The Balaban J connectivity index is 2.36. The van der Waals surface area contributed by atoms with Crippen LogP contribution in [0.5, 0.6) is 5.75 Å². The maximum atomic E-state index is 13.1. The molecule has 0 radical (unpaired) electrons. The molecule has 2 aromatic rings. The number of hydrogen-bond acceptors (Lipinski definition) is 1. The van der Waals surface area contributed by atoms with Crippen molar-refractivity contribution in [1.29, 1.82) is 0 Å². The van der Waals surface area contributed by atoms with Crippen molar-refractivity contribution in [3.63, 3.8) is 0 Å². The molecular weight excluding hydrogens is 410 g/mol. The van der Waals surface area contributed by atoms with Gasteiger partial charge < -0.3 is 4.74 Å². The Morgan fingerprint density at radius 2 is 1.75 bits per heavy atom. The summed E-state index contributed by atoms with van der Waals surface area (Å²) in [6.45, 7) is 0. The number of rotatable bonds is 2. The van der Waals surface area contributed by atoms with E-state index in [4.69, 9.17) is 11.6 Å². The average Bonchev–Trinajstić information content (AvgIpc) is 2.31. The van der Waals surface area contributed by atoms with E-state index in [1.165, 1.54) is 36.4 Å². The Morgan fingerprint density at radius 1 is 1.05 bits per heavy atom. The minimum atomic E-state index is -4.73. The van der Waals surface area contributed by atoms with Crippen LogP contribution in [0.25, 0.3) is 11.1 Å². The van der Waals surface area contributed by atoms with E-state index in [9.17, 15) is 17.6 Å². The lowest BCUT2D eigenvalue weighted by Crippen LogP contribution is -2.17. The molecule has 0 fully saturated rings. The van der Waals surface area contributed by atoms with E-state index in [1.54, 1.807) is 0 Å². The maximum absolute atomic E-state index is 13.1. The molecule has 0 bridgehead atoms. The summed E-state index contributed by atoms with van der Waals surface area (Å²) in [4.78, 5) is 0. The van der Waals surface area contributed by atoms with Gasteiger partial charge in [-0.15, -0.1) is 13.2 Å². The first-order valence-corrected chi connectivity index (χ1v) is 6.72. The van der Waals surface area contributed by atoms with E-state index in [0.717, 1.165) is 0 Å². The van der Waals surface area contributed by atoms with Crippen molar-refractivity contribution in [1.82, 2.24) is 0 Å². The number of ether oxygens (including phenoxy) is 1. The molecule has 0 atom stereocenters. The molecule has 1 nitrogen and oxygen atoms in total. The predicted molar refractivity (Wildman–Crippen MR) is 76.2 cm³/mol. The van der Waals surface area contributed by atoms with Gasteiger partial charge >= 0.3 is 6.36 Å². The van der Waals surface area contributed by atoms with Gasteiger partial charge in [-0.3, -0.25) is 0 Å². The second kappa shape index (κ2) is 5.77. The normalized spacial score (nSPS) is 11.5. The molecule has 2 aromatic carbocycles. The molecule has 0 saturated carbocycles. The first-order valence-electron chi connectivity index (χ1n) is 5.27. The zero-order chi connectivity index (χ0) is 14.9. The average molecular weight is 417 g/mol. The molecule has 0 saturated heterocycles. The van der Waals surface area contributed by atoms with Crippen LogP contribution in [0.2, 0.25) is 5.02 Å². The van der Waals surface area contributed by atoms with E-state index >= 15 is 0 Å². The molecule has 0 unspecified atom stereocenters. The molecule has 0 aliphatic carbocycles. The van der Waals surface area contributed by atoms with Crippen molar-refractivity contribution in [2.75, 3.05) is 0 Å². The van der Waals surface area contributed by atoms with Crippen LogP contribution in [0, 0.1) is 9.39 Å². The lowest BCUT2D eigenvalue weighted by atomic mass is 10.1. The standard InChI is InChI=1S/C13H6ClF4IO/c14-10-5-7(1-4-11(10)15)9-3-2-8(6-12(9)19)20-13(16,17)18/h1-6H. The molecular formula is C13H6ClF4IO.